The first-order chi connectivity index (χ1) is 24.2. The SMILES string of the molecule is [C-]#[N+]c1cc(-c2ccc(-n3c4ccccc4c4ccccc43)cc2)cc(-c2c3ccccc3c(-c3ccccc3)c3ccccc23)c1[N+]#[C-]. The molecule has 0 saturated carbocycles. The van der Waals surface area contributed by atoms with Crippen molar-refractivity contribution in [2.24, 2.45) is 0 Å². The quantitative estimate of drug-likeness (QED) is 0.137. The van der Waals surface area contributed by atoms with Gasteiger partial charge in [0.05, 0.1) is 24.2 Å². The van der Waals surface area contributed by atoms with Crippen molar-refractivity contribution >= 4 is 54.7 Å². The van der Waals surface area contributed by atoms with E-state index >= 15 is 0 Å². The van der Waals surface area contributed by atoms with Crippen LogP contribution in [0.3, 0.4) is 0 Å². The van der Waals surface area contributed by atoms with Crippen LogP contribution in [0.25, 0.3) is 92.1 Å². The van der Waals surface area contributed by atoms with Gasteiger partial charge in [-0.3, -0.25) is 4.85 Å². The second-order valence-electron chi connectivity index (χ2n) is 12.2. The Morgan fingerprint density at radius 2 is 0.878 bits per heavy atom. The summed E-state index contributed by atoms with van der Waals surface area (Å²) in [5.41, 5.74) is 10.1. The topological polar surface area (TPSA) is 13.6 Å². The molecule has 9 rings (SSSR count). The van der Waals surface area contributed by atoms with Crippen molar-refractivity contribution < 1.29 is 0 Å². The standard InChI is InChI=1S/C46H27N3/c1-47-41-29-32(30-24-26-33(27-25-30)49-42-22-12-10-16-34(42)35-17-11-13-23-43(35)49)28-40(46(41)48-2)45-38-20-8-6-18-36(38)44(31-14-4-3-5-15-31)37-19-7-9-21-39(37)45/h3-29H. The van der Waals surface area contributed by atoms with E-state index in [2.05, 4.69) is 166 Å². The molecular weight excluding hydrogens is 595 g/mol. The lowest BCUT2D eigenvalue weighted by molar-refractivity contribution is 1.18. The highest BCUT2D eigenvalue weighted by atomic mass is 15.0. The predicted molar refractivity (Wildman–Crippen MR) is 205 cm³/mol. The number of rotatable bonds is 4. The van der Waals surface area contributed by atoms with Crippen LogP contribution in [-0.4, -0.2) is 4.57 Å². The van der Waals surface area contributed by atoms with Crippen LogP contribution in [0.15, 0.2) is 164 Å². The van der Waals surface area contributed by atoms with Gasteiger partial charge < -0.3 is 4.57 Å². The number of benzene rings is 8. The molecule has 0 bridgehead atoms. The van der Waals surface area contributed by atoms with Gasteiger partial charge in [0.15, 0.2) is 5.69 Å². The predicted octanol–water partition coefficient (Wildman–Crippen LogP) is 13.2. The van der Waals surface area contributed by atoms with Crippen LogP contribution in [-0.2, 0) is 0 Å². The maximum atomic E-state index is 8.26. The third-order valence-corrected chi connectivity index (χ3v) is 9.62. The van der Waals surface area contributed by atoms with E-state index in [9.17, 15) is 0 Å². The monoisotopic (exact) mass is 621 g/mol. The smallest absolute Gasteiger partial charge is 0.202 e. The number of nitrogens with zero attached hydrogens (tertiary/aromatic N) is 3. The summed E-state index contributed by atoms with van der Waals surface area (Å²) in [4.78, 5) is 7.88. The molecule has 0 aliphatic carbocycles. The first kappa shape index (κ1) is 28.3. The van der Waals surface area contributed by atoms with Gasteiger partial charge in [0.1, 0.15) is 0 Å². The second-order valence-corrected chi connectivity index (χ2v) is 12.2. The van der Waals surface area contributed by atoms with Gasteiger partial charge in [-0.2, -0.15) is 0 Å². The van der Waals surface area contributed by atoms with Gasteiger partial charge in [0, 0.05) is 16.5 Å². The molecular formula is C46H27N3. The van der Waals surface area contributed by atoms with E-state index in [-0.39, 0.29) is 0 Å². The molecule has 0 amide bonds. The third kappa shape index (κ3) is 4.42. The molecule has 0 fully saturated rings. The Labute approximate surface area is 284 Å². The molecule has 0 unspecified atom stereocenters. The molecule has 1 aromatic heterocycles. The van der Waals surface area contributed by atoms with Crippen LogP contribution in [0.5, 0.6) is 0 Å². The summed E-state index contributed by atoms with van der Waals surface area (Å²) in [6.45, 7) is 16.4. The van der Waals surface area contributed by atoms with Crippen molar-refractivity contribution in [2.45, 2.75) is 0 Å². The second kappa shape index (κ2) is 11.4. The summed E-state index contributed by atoms with van der Waals surface area (Å²) < 4.78 is 2.30. The summed E-state index contributed by atoms with van der Waals surface area (Å²) in [6.07, 6.45) is 0. The molecule has 9 aromatic rings. The Balaban J connectivity index is 1.27. The van der Waals surface area contributed by atoms with E-state index in [0.717, 1.165) is 66.1 Å². The van der Waals surface area contributed by atoms with E-state index in [4.69, 9.17) is 13.1 Å². The van der Waals surface area contributed by atoms with Crippen LogP contribution in [0.2, 0.25) is 0 Å². The van der Waals surface area contributed by atoms with Crippen molar-refractivity contribution in [1.29, 1.82) is 0 Å². The van der Waals surface area contributed by atoms with Crippen molar-refractivity contribution in [3.05, 3.63) is 187 Å². The van der Waals surface area contributed by atoms with Crippen molar-refractivity contribution in [3.63, 3.8) is 0 Å². The largest absolute Gasteiger partial charge is 0.309 e. The zero-order valence-electron chi connectivity index (χ0n) is 26.4. The zero-order valence-corrected chi connectivity index (χ0v) is 26.4. The first-order valence-electron chi connectivity index (χ1n) is 16.3. The number of aromatic nitrogens is 1. The van der Waals surface area contributed by atoms with Crippen LogP contribution in [0.1, 0.15) is 0 Å². The molecule has 0 radical (unpaired) electrons. The van der Waals surface area contributed by atoms with Crippen LogP contribution < -0.4 is 0 Å². The van der Waals surface area contributed by atoms with Crippen LogP contribution >= 0.6 is 0 Å². The fourth-order valence-corrected chi connectivity index (χ4v) is 7.52. The Hall–Kier alpha value is -6.94. The summed E-state index contributed by atoms with van der Waals surface area (Å²) in [7, 11) is 0. The molecule has 0 N–H and O–H groups in total. The lowest BCUT2D eigenvalue weighted by Crippen LogP contribution is -1.94. The average molecular weight is 622 g/mol. The lowest BCUT2D eigenvalue weighted by Gasteiger charge is -2.19. The fourth-order valence-electron chi connectivity index (χ4n) is 7.52. The average Bonchev–Trinajstić information content (AvgIpc) is 3.51. The maximum Gasteiger partial charge on any atom is 0.202 e. The fraction of sp³-hybridized carbons (Fsp3) is 0. The Bertz CT molecular complexity index is 2720. The Kier molecular flexibility index (Phi) is 6.58. The minimum absolute atomic E-state index is 0.356. The highest BCUT2D eigenvalue weighted by Crippen LogP contribution is 2.49. The molecule has 1 heterocycles. The van der Waals surface area contributed by atoms with Gasteiger partial charge in [-0.1, -0.05) is 140 Å². The van der Waals surface area contributed by atoms with Crippen molar-refractivity contribution in [1.82, 2.24) is 4.57 Å². The van der Waals surface area contributed by atoms with Gasteiger partial charge >= 0.3 is 0 Å². The van der Waals surface area contributed by atoms with Crippen LogP contribution in [0, 0.1) is 13.1 Å². The van der Waals surface area contributed by atoms with Crippen LogP contribution in [0.4, 0.5) is 11.4 Å². The van der Waals surface area contributed by atoms with Crippen molar-refractivity contribution in [3.8, 4) is 39.1 Å². The molecule has 49 heavy (non-hydrogen) atoms. The summed E-state index contributed by atoms with van der Waals surface area (Å²) in [5.74, 6) is 0. The van der Waals surface area contributed by atoms with Gasteiger partial charge in [0.2, 0.25) is 5.69 Å². The van der Waals surface area contributed by atoms with E-state index in [1.54, 1.807) is 0 Å². The van der Waals surface area contributed by atoms with E-state index < -0.39 is 0 Å². The summed E-state index contributed by atoms with van der Waals surface area (Å²) in [5, 5.41) is 6.79. The minimum Gasteiger partial charge on any atom is -0.309 e. The van der Waals surface area contributed by atoms with E-state index in [1.807, 2.05) is 12.1 Å². The van der Waals surface area contributed by atoms with Crippen molar-refractivity contribution in [2.75, 3.05) is 0 Å². The molecule has 0 aliphatic rings. The molecule has 3 heteroatoms. The van der Waals surface area contributed by atoms with Gasteiger partial charge in [0.25, 0.3) is 0 Å². The Morgan fingerprint density at radius 1 is 0.388 bits per heavy atom. The lowest BCUT2D eigenvalue weighted by atomic mass is 9.84. The molecule has 3 nitrogen and oxygen atoms in total. The molecule has 8 aromatic carbocycles. The maximum absolute atomic E-state index is 8.26. The Morgan fingerprint density at radius 3 is 1.41 bits per heavy atom. The number of hydrogen-bond donors (Lipinski definition) is 0. The van der Waals surface area contributed by atoms with E-state index in [0.29, 0.717) is 11.4 Å². The zero-order chi connectivity index (χ0) is 32.9. The van der Waals surface area contributed by atoms with E-state index in [1.165, 1.54) is 16.3 Å². The molecule has 0 saturated heterocycles. The minimum atomic E-state index is 0.356. The van der Waals surface area contributed by atoms with Gasteiger partial charge in [-0.25, -0.2) is 4.85 Å². The summed E-state index contributed by atoms with van der Waals surface area (Å²) in [6, 6.07) is 56.9. The summed E-state index contributed by atoms with van der Waals surface area (Å²) >= 11 is 0. The van der Waals surface area contributed by atoms with Gasteiger partial charge in [-0.15, -0.1) is 0 Å². The third-order valence-electron chi connectivity index (χ3n) is 9.62. The normalized spacial score (nSPS) is 11.2. The highest BCUT2D eigenvalue weighted by molar-refractivity contribution is 6.23. The number of fused-ring (bicyclic) bond motifs is 5. The molecule has 0 aliphatic heterocycles. The number of hydrogen-bond acceptors (Lipinski definition) is 0. The molecule has 0 spiro atoms. The van der Waals surface area contributed by atoms with Gasteiger partial charge in [-0.05, 0) is 79.2 Å². The molecule has 0 atom stereocenters. The first-order valence-corrected chi connectivity index (χ1v) is 16.3. The highest BCUT2D eigenvalue weighted by Gasteiger charge is 2.21. The number of para-hydroxylation sites is 2. The molecule has 226 valence electrons.